The second kappa shape index (κ2) is 5.95. The second-order valence-electron chi connectivity index (χ2n) is 3.54. The third-order valence-electron chi connectivity index (χ3n) is 2.41. The number of rotatable bonds is 5. The van der Waals surface area contributed by atoms with Crippen molar-refractivity contribution in [3.05, 3.63) is 0 Å². The van der Waals surface area contributed by atoms with Crippen LogP contribution in [0.25, 0.3) is 0 Å². The largest absolute Gasteiger partial charge is 0.480 e. The Balaban J connectivity index is 2.05. The van der Waals surface area contributed by atoms with Gasteiger partial charge in [0.1, 0.15) is 6.04 Å². The van der Waals surface area contributed by atoms with Gasteiger partial charge in [0.25, 0.3) is 0 Å². The van der Waals surface area contributed by atoms with E-state index in [2.05, 4.69) is 4.90 Å². The smallest absolute Gasteiger partial charge is 0.320 e. The Bertz CT molecular complexity index is 181. The van der Waals surface area contributed by atoms with Gasteiger partial charge in [-0.05, 0) is 19.4 Å². The SMILES string of the molecule is N[C@@H](CCCN1CCOCC1)C(=O)O. The first-order chi connectivity index (χ1) is 6.70. The Morgan fingerprint density at radius 3 is 2.71 bits per heavy atom. The number of nitrogens with zero attached hydrogens (tertiary/aromatic N) is 1. The highest BCUT2D eigenvalue weighted by Crippen LogP contribution is 2.01. The van der Waals surface area contributed by atoms with E-state index in [1.165, 1.54) is 0 Å². The summed E-state index contributed by atoms with van der Waals surface area (Å²) < 4.78 is 5.20. The lowest BCUT2D eigenvalue weighted by molar-refractivity contribution is -0.138. The highest BCUT2D eigenvalue weighted by Gasteiger charge is 2.13. The maximum absolute atomic E-state index is 10.4. The lowest BCUT2D eigenvalue weighted by atomic mass is 10.1. The van der Waals surface area contributed by atoms with Crippen LogP contribution in [0.1, 0.15) is 12.8 Å². The first-order valence-corrected chi connectivity index (χ1v) is 4.98. The van der Waals surface area contributed by atoms with Crippen LogP contribution in [-0.4, -0.2) is 54.9 Å². The Morgan fingerprint density at radius 1 is 1.50 bits per heavy atom. The van der Waals surface area contributed by atoms with Crippen LogP contribution in [0.5, 0.6) is 0 Å². The van der Waals surface area contributed by atoms with Gasteiger partial charge in [-0.1, -0.05) is 0 Å². The maximum atomic E-state index is 10.4. The Morgan fingerprint density at radius 2 is 2.14 bits per heavy atom. The maximum Gasteiger partial charge on any atom is 0.320 e. The quantitative estimate of drug-likeness (QED) is 0.629. The summed E-state index contributed by atoms with van der Waals surface area (Å²) >= 11 is 0. The first-order valence-electron chi connectivity index (χ1n) is 4.98. The molecule has 0 saturated carbocycles. The fraction of sp³-hybridized carbons (Fsp3) is 0.889. The van der Waals surface area contributed by atoms with Crippen LogP contribution in [0.3, 0.4) is 0 Å². The van der Waals surface area contributed by atoms with Crippen LogP contribution >= 0.6 is 0 Å². The zero-order valence-corrected chi connectivity index (χ0v) is 8.32. The Labute approximate surface area is 83.8 Å². The van der Waals surface area contributed by atoms with E-state index in [1.54, 1.807) is 0 Å². The van der Waals surface area contributed by atoms with Crippen molar-refractivity contribution in [1.82, 2.24) is 4.90 Å². The van der Waals surface area contributed by atoms with Gasteiger partial charge < -0.3 is 15.6 Å². The molecular weight excluding hydrogens is 184 g/mol. The van der Waals surface area contributed by atoms with Gasteiger partial charge in [0.05, 0.1) is 13.2 Å². The molecule has 5 nitrogen and oxygen atoms in total. The van der Waals surface area contributed by atoms with Gasteiger partial charge in [0.15, 0.2) is 0 Å². The molecule has 1 rings (SSSR count). The molecule has 0 unspecified atom stereocenters. The van der Waals surface area contributed by atoms with Crippen LogP contribution in [0.2, 0.25) is 0 Å². The molecule has 1 saturated heterocycles. The molecule has 14 heavy (non-hydrogen) atoms. The summed E-state index contributed by atoms with van der Waals surface area (Å²) in [6.45, 7) is 4.38. The predicted molar refractivity (Wildman–Crippen MR) is 52.1 cm³/mol. The average molecular weight is 202 g/mol. The number of carboxylic acid groups (broad SMARTS) is 1. The molecule has 0 spiro atoms. The van der Waals surface area contributed by atoms with Crippen LogP contribution in [-0.2, 0) is 9.53 Å². The second-order valence-corrected chi connectivity index (χ2v) is 3.54. The molecule has 1 aliphatic heterocycles. The van der Waals surface area contributed by atoms with Gasteiger partial charge in [-0.15, -0.1) is 0 Å². The summed E-state index contributed by atoms with van der Waals surface area (Å²) in [6, 6.07) is -0.712. The predicted octanol–water partition coefficient (Wildman–Crippen LogP) is -0.489. The summed E-state index contributed by atoms with van der Waals surface area (Å²) in [7, 11) is 0. The summed E-state index contributed by atoms with van der Waals surface area (Å²) in [4.78, 5) is 12.7. The minimum atomic E-state index is -0.910. The molecule has 1 fully saturated rings. The molecule has 82 valence electrons. The van der Waals surface area contributed by atoms with Crippen molar-refractivity contribution in [1.29, 1.82) is 0 Å². The third kappa shape index (κ3) is 4.04. The van der Waals surface area contributed by atoms with E-state index < -0.39 is 12.0 Å². The number of hydrogen-bond donors (Lipinski definition) is 2. The number of ether oxygens (including phenoxy) is 1. The van der Waals surface area contributed by atoms with Crippen LogP contribution < -0.4 is 5.73 Å². The van der Waals surface area contributed by atoms with Crippen molar-refractivity contribution in [2.75, 3.05) is 32.8 Å². The van der Waals surface area contributed by atoms with Crippen molar-refractivity contribution in [2.24, 2.45) is 5.73 Å². The summed E-state index contributed by atoms with van der Waals surface area (Å²) in [6.07, 6.45) is 1.39. The number of hydrogen-bond acceptors (Lipinski definition) is 4. The normalized spacial score (nSPS) is 20.6. The van der Waals surface area contributed by atoms with Crippen LogP contribution in [0.15, 0.2) is 0 Å². The molecule has 1 heterocycles. The number of carbonyl (C=O) groups is 1. The zero-order chi connectivity index (χ0) is 10.4. The molecule has 3 N–H and O–H groups in total. The van der Waals surface area contributed by atoms with Crippen molar-refractivity contribution in [3.63, 3.8) is 0 Å². The number of aliphatic carboxylic acids is 1. The van der Waals surface area contributed by atoms with E-state index in [-0.39, 0.29) is 0 Å². The molecule has 0 radical (unpaired) electrons. The molecule has 0 aliphatic carbocycles. The van der Waals surface area contributed by atoms with Crippen molar-refractivity contribution < 1.29 is 14.6 Å². The number of nitrogens with two attached hydrogens (primary N) is 1. The highest BCUT2D eigenvalue weighted by atomic mass is 16.5. The molecule has 1 atom stereocenters. The zero-order valence-electron chi connectivity index (χ0n) is 8.32. The molecule has 0 aromatic heterocycles. The minimum Gasteiger partial charge on any atom is -0.480 e. The fourth-order valence-electron chi connectivity index (χ4n) is 1.48. The van der Waals surface area contributed by atoms with Gasteiger partial charge >= 0.3 is 5.97 Å². The molecular formula is C9H18N2O3. The minimum absolute atomic E-state index is 0.548. The molecule has 5 heteroatoms. The van der Waals surface area contributed by atoms with E-state index in [0.29, 0.717) is 6.42 Å². The summed E-state index contributed by atoms with van der Waals surface area (Å²) in [5.74, 6) is -0.910. The van der Waals surface area contributed by atoms with Crippen LogP contribution in [0.4, 0.5) is 0 Å². The molecule has 0 aromatic carbocycles. The van der Waals surface area contributed by atoms with E-state index >= 15 is 0 Å². The standard InChI is InChI=1S/C9H18N2O3/c10-8(9(12)13)2-1-3-11-4-6-14-7-5-11/h8H,1-7,10H2,(H,12,13)/t8-/m0/s1. The van der Waals surface area contributed by atoms with E-state index in [4.69, 9.17) is 15.6 Å². The van der Waals surface area contributed by atoms with Gasteiger partial charge in [-0.2, -0.15) is 0 Å². The number of morpholine rings is 1. The van der Waals surface area contributed by atoms with Gasteiger partial charge in [0, 0.05) is 13.1 Å². The van der Waals surface area contributed by atoms with Crippen molar-refractivity contribution >= 4 is 5.97 Å². The Hall–Kier alpha value is -0.650. The lowest BCUT2D eigenvalue weighted by Gasteiger charge is -2.26. The molecule has 0 bridgehead atoms. The fourth-order valence-corrected chi connectivity index (χ4v) is 1.48. The van der Waals surface area contributed by atoms with Crippen molar-refractivity contribution in [3.8, 4) is 0 Å². The van der Waals surface area contributed by atoms with E-state index in [9.17, 15) is 4.79 Å². The van der Waals surface area contributed by atoms with Gasteiger partial charge in [-0.3, -0.25) is 9.69 Å². The first kappa shape index (κ1) is 11.4. The summed E-state index contributed by atoms with van der Waals surface area (Å²) in [5, 5.41) is 8.56. The summed E-state index contributed by atoms with van der Waals surface area (Å²) in [5.41, 5.74) is 5.39. The Kier molecular flexibility index (Phi) is 4.86. The highest BCUT2D eigenvalue weighted by molar-refractivity contribution is 5.72. The topological polar surface area (TPSA) is 75.8 Å². The van der Waals surface area contributed by atoms with E-state index in [1.807, 2.05) is 0 Å². The van der Waals surface area contributed by atoms with E-state index in [0.717, 1.165) is 39.3 Å². The van der Waals surface area contributed by atoms with Gasteiger partial charge in [0.2, 0.25) is 0 Å². The monoisotopic (exact) mass is 202 g/mol. The lowest BCUT2D eigenvalue weighted by Crippen LogP contribution is -2.38. The third-order valence-corrected chi connectivity index (χ3v) is 2.41. The molecule has 0 amide bonds. The average Bonchev–Trinajstić information content (AvgIpc) is 2.19. The van der Waals surface area contributed by atoms with Gasteiger partial charge in [-0.25, -0.2) is 0 Å². The molecule has 0 aromatic rings. The van der Waals surface area contributed by atoms with Crippen molar-refractivity contribution in [2.45, 2.75) is 18.9 Å². The number of carboxylic acids is 1. The van der Waals surface area contributed by atoms with Crippen LogP contribution in [0, 0.1) is 0 Å². The molecule has 1 aliphatic rings.